The van der Waals surface area contributed by atoms with Gasteiger partial charge in [0, 0.05) is 0 Å². The first kappa shape index (κ1) is 17.4. The molecule has 0 saturated carbocycles. The van der Waals surface area contributed by atoms with E-state index in [2.05, 4.69) is 4.72 Å². The van der Waals surface area contributed by atoms with Gasteiger partial charge in [0.15, 0.2) is 11.6 Å². The number of rotatable bonds is 7. The number of carboxylic acid groups (broad SMARTS) is 1. The van der Waals surface area contributed by atoms with Crippen LogP contribution in [0, 0.1) is 11.7 Å². The van der Waals surface area contributed by atoms with E-state index in [-0.39, 0.29) is 23.0 Å². The van der Waals surface area contributed by atoms with E-state index in [1.807, 2.05) is 0 Å². The van der Waals surface area contributed by atoms with Crippen molar-refractivity contribution in [2.45, 2.75) is 31.2 Å². The van der Waals surface area contributed by atoms with Crippen molar-refractivity contribution in [3.63, 3.8) is 0 Å². The quantitative estimate of drug-likeness (QED) is 0.796. The number of carboxylic acids is 1. The summed E-state index contributed by atoms with van der Waals surface area (Å²) in [7, 11) is -2.87. The molecule has 21 heavy (non-hydrogen) atoms. The van der Waals surface area contributed by atoms with Crippen LogP contribution >= 0.6 is 0 Å². The topological polar surface area (TPSA) is 92.7 Å². The largest absolute Gasteiger partial charge is 0.494 e. The van der Waals surface area contributed by atoms with Crippen LogP contribution in [0.25, 0.3) is 0 Å². The fraction of sp³-hybridized carbons (Fsp3) is 0.462. The molecule has 1 rings (SSSR count). The predicted octanol–water partition coefficient (Wildman–Crippen LogP) is 1.61. The van der Waals surface area contributed by atoms with Crippen molar-refractivity contribution in [2.75, 3.05) is 7.11 Å². The Balaban J connectivity index is 3.04. The number of methoxy groups -OCH3 is 1. The molecule has 0 heterocycles. The Bertz CT molecular complexity index is 615. The first-order valence-electron chi connectivity index (χ1n) is 6.26. The summed E-state index contributed by atoms with van der Waals surface area (Å²) in [6.07, 6.45) is 0.132. The highest BCUT2D eigenvalue weighted by molar-refractivity contribution is 7.89. The van der Waals surface area contributed by atoms with Gasteiger partial charge < -0.3 is 9.84 Å². The summed E-state index contributed by atoms with van der Waals surface area (Å²) < 4.78 is 44.5. The van der Waals surface area contributed by atoms with E-state index in [1.165, 1.54) is 13.2 Å². The smallest absolute Gasteiger partial charge is 0.321 e. The van der Waals surface area contributed by atoms with E-state index in [0.29, 0.717) is 0 Å². The molecule has 0 aliphatic heterocycles. The van der Waals surface area contributed by atoms with Crippen LogP contribution in [0.5, 0.6) is 5.75 Å². The van der Waals surface area contributed by atoms with E-state index < -0.39 is 27.9 Å². The first-order chi connectivity index (χ1) is 9.67. The summed E-state index contributed by atoms with van der Waals surface area (Å²) >= 11 is 0. The van der Waals surface area contributed by atoms with Crippen LogP contribution in [0.3, 0.4) is 0 Å². The van der Waals surface area contributed by atoms with E-state index in [0.717, 1.165) is 12.1 Å². The third-order valence-corrected chi connectivity index (χ3v) is 4.21. The zero-order valence-electron chi connectivity index (χ0n) is 12.0. The van der Waals surface area contributed by atoms with Crippen LogP contribution in [0.2, 0.25) is 0 Å². The molecule has 2 N–H and O–H groups in total. The zero-order valence-corrected chi connectivity index (χ0v) is 12.8. The van der Waals surface area contributed by atoms with Crippen molar-refractivity contribution < 1.29 is 27.4 Å². The van der Waals surface area contributed by atoms with Crippen molar-refractivity contribution in [3.8, 4) is 5.75 Å². The number of aliphatic carboxylic acids is 1. The molecule has 1 atom stereocenters. The molecule has 1 aromatic carbocycles. The minimum atomic E-state index is -4.12. The number of nitrogens with one attached hydrogen (secondary N) is 1. The minimum Gasteiger partial charge on any atom is -0.494 e. The number of halogens is 1. The van der Waals surface area contributed by atoms with Gasteiger partial charge in [-0.1, -0.05) is 13.8 Å². The fourth-order valence-electron chi connectivity index (χ4n) is 1.74. The highest BCUT2D eigenvalue weighted by Gasteiger charge is 2.26. The molecule has 0 bridgehead atoms. The van der Waals surface area contributed by atoms with Gasteiger partial charge in [0.05, 0.1) is 12.0 Å². The van der Waals surface area contributed by atoms with Crippen LogP contribution in [0.1, 0.15) is 20.3 Å². The third kappa shape index (κ3) is 4.68. The Kier molecular flexibility index (Phi) is 5.68. The number of hydrogen-bond acceptors (Lipinski definition) is 4. The van der Waals surface area contributed by atoms with Crippen LogP contribution in [-0.4, -0.2) is 32.6 Å². The van der Waals surface area contributed by atoms with Crippen molar-refractivity contribution in [1.82, 2.24) is 4.72 Å². The molecule has 0 fully saturated rings. The molecule has 0 amide bonds. The van der Waals surface area contributed by atoms with Crippen molar-refractivity contribution in [1.29, 1.82) is 0 Å². The van der Waals surface area contributed by atoms with Crippen molar-refractivity contribution in [2.24, 2.45) is 5.92 Å². The monoisotopic (exact) mass is 319 g/mol. The summed E-state index contributed by atoms with van der Waals surface area (Å²) in [5.41, 5.74) is 0. The van der Waals surface area contributed by atoms with Gasteiger partial charge in [-0.15, -0.1) is 0 Å². The Morgan fingerprint density at radius 1 is 1.43 bits per heavy atom. The summed E-state index contributed by atoms with van der Waals surface area (Å²) in [6, 6.07) is 1.84. The van der Waals surface area contributed by atoms with Crippen LogP contribution in [0.4, 0.5) is 4.39 Å². The van der Waals surface area contributed by atoms with Crippen LogP contribution < -0.4 is 9.46 Å². The molecule has 0 aliphatic carbocycles. The highest BCUT2D eigenvalue weighted by atomic mass is 32.2. The van der Waals surface area contributed by atoms with E-state index in [4.69, 9.17) is 9.84 Å². The summed E-state index contributed by atoms with van der Waals surface area (Å²) in [4.78, 5) is 10.7. The molecule has 8 heteroatoms. The Morgan fingerprint density at radius 2 is 2.05 bits per heavy atom. The molecule has 118 valence electrons. The molecule has 0 aliphatic rings. The molecule has 1 aromatic rings. The van der Waals surface area contributed by atoms with Gasteiger partial charge in [0.2, 0.25) is 10.0 Å². The number of sulfonamides is 1. The number of hydrogen-bond donors (Lipinski definition) is 2. The standard InChI is InChI=1S/C13H18FNO5S/c1-8(2)6-11(13(16)17)15-21(18,19)9-4-5-12(20-3)10(14)7-9/h4-5,7-8,11,15H,6H2,1-3H3,(H,16,17). The Labute approximate surface area is 123 Å². The maximum absolute atomic E-state index is 13.6. The minimum absolute atomic E-state index is 0.0126. The number of benzene rings is 1. The number of carbonyl (C=O) groups is 1. The second-order valence-electron chi connectivity index (χ2n) is 4.94. The molecular weight excluding hydrogens is 301 g/mol. The summed E-state index contributed by atoms with van der Waals surface area (Å²) in [5, 5.41) is 9.05. The average Bonchev–Trinajstić information content (AvgIpc) is 2.36. The SMILES string of the molecule is COc1ccc(S(=O)(=O)NC(CC(C)C)C(=O)O)cc1F. The lowest BCUT2D eigenvalue weighted by Gasteiger charge is -2.16. The van der Waals surface area contributed by atoms with E-state index in [9.17, 15) is 17.6 Å². The van der Waals surface area contributed by atoms with Gasteiger partial charge >= 0.3 is 5.97 Å². The second kappa shape index (κ2) is 6.86. The predicted molar refractivity (Wildman–Crippen MR) is 74.2 cm³/mol. The number of ether oxygens (including phenoxy) is 1. The maximum Gasteiger partial charge on any atom is 0.321 e. The van der Waals surface area contributed by atoms with Gasteiger partial charge in [-0.05, 0) is 30.5 Å². The van der Waals surface area contributed by atoms with Gasteiger partial charge in [-0.3, -0.25) is 4.79 Å². The molecule has 0 radical (unpaired) electrons. The Hall–Kier alpha value is -1.67. The van der Waals surface area contributed by atoms with E-state index in [1.54, 1.807) is 13.8 Å². The fourth-order valence-corrected chi connectivity index (χ4v) is 2.95. The highest BCUT2D eigenvalue weighted by Crippen LogP contribution is 2.21. The van der Waals surface area contributed by atoms with Crippen molar-refractivity contribution >= 4 is 16.0 Å². The van der Waals surface area contributed by atoms with E-state index >= 15 is 0 Å². The van der Waals surface area contributed by atoms with Crippen molar-refractivity contribution in [3.05, 3.63) is 24.0 Å². The van der Waals surface area contributed by atoms with Crippen LogP contribution in [0.15, 0.2) is 23.1 Å². The Morgan fingerprint density at radius 3 is 2.48 bits per heavy atom. The first-order valence-corrected chi connectivity index (χ1v) is 7.74. The average molecular weight is 319 g/mol. The summed E-state index contributed by atoms with van der Waals surface area (Å²) in [6.45, 7) is 3.55. The zero-order chi connectivity index (χ0) is 16.2. The summed E-state index contributed by atoms with van der Waals surface area (Å²) in [5.74, 6) is -2.22. The molecule has 1 unspecified atom stereocenters. The molecule has 0 spiro atoms. The van der Waals surface area contributed by atoms with Gasteiger partial charge in [0.25, 0.3) is 0 Å². The van der Waals surface area contributed by atoms with Gasteiger partial charge in [-0.25, -0.2) is 12.8 Å². The van der Waals surface area contributed by atoms with Crippen LogP contribution in [-0.2, 0) is 14.8 Å². The lowest BCUT2D eigenvalue weighted by molar-refractivity contribution is -0.139. The molecule has 0 saturated heterocycles. The second-order valence-corrected chi connectivity index (χ2v) is 6.65. The normalized spacial score (nSPS) is 13.2. The molecular formula is C13H18FNO5S. The van der Waals surface area contributed by atoms with Gasteiger partial charge in [-0.2, -0.15) is 4.72 Å². The lowest BCUT2D eigenvalue weighted by Crippen LogP contribution is -2.41. The maximum atomic E-state index is 13.6. The molecule has 0 aromatic heterocycles. The third-order valence-electron chi connectivity index (χ3n) is 2.74. The van der Waals surface area contributed by atoms with Gasteiger partial charge in [0.1, 0.15) is 6.04 Å². The lowest BCUT2D eigenvalue weighted by atomic mass is 10.1. The molecule has 6 nitrogen and oxygen atoms in total.